The third kappa shape index (κ3) is 20.5. The summed E-state index contributed by atoms with van der Waals surface area (Å²) < 4.78 is 1.60. The van der Waals surface area contributed by atoms with Crippen LogP contribution < -0.4 is 52.8 Å². The molecule has 0 nitrogen and oxygen atoms in total. The van der Waals surface area contributed by atoms with Gasteiger partial charge in [-0.3, -0.25) is 0 Å². The molecule has 3 aromatic carbocycles. The van der Waals surface area contributed by atoms with Gasteiger partial charge in [-0.2, -0.15) is 0 Å². The number of halogens is 3. The Hall–Kier alpha value is -1.06. The SMILES string of the molecule is CCCCCCc1cc(CCCCCC)cc([Si](C2=CC[C]([Ti+3])=C2C(C)(C)C)(c2cc(CCCCCC)cc(CCCCCC)c2)c2cc(CCCCCC)cc(CCCCCC)c2)c1.[Cl-].[Cl-].[Cl-]. The minimum Gasteiger partial charge on any atom is -1.00 e. The van der Waals surface area contributed by atoms with Crippen LogP contribution in [0.5, 0.6) is 0 Å². The molecule has 0 radical (unpaired) electrons. The number of unbranched alkanes of at least 4 members (excludes halogenated alkanes) is 18. The second-order valence-corrected chi connectivity index (χ2v) is 26.4. The smallest absolute Gasteiger partial charge is 1.00 e. The summed E-state index contributed by atoms with van der Waals surface area (Å²) in [4.78, 5) is 0. The topological polar surface area (TPSA) is 0 Å². The second kappa shape index (κ2) is 36.0. The minimum absolute atomic E-state index is 0. The van der Waals surface area contributed by atoms with Crippen LogP contribution in [0.15, 0.2) is 75.3 Å². The van der Waals surface area contributed by atoms with E-state index in [-0.39, 0.29) is 42.6 Å². The summed E-state index contributed by atoms with van der Waals surface area (Å²) in [7, 11) is -2.92. The normalized spacial score (nSPS) is 12.8. The van der Waals surface area contributed by atoms with Crippen LogP contribution in [0.3, 0.4) is 0 Å². The maximum absolute atomic E-state index is 2.92. The summed E-state index contributed by atoms with van der Waals surface area (Å²) in [5, 5.41) is 6.76. The average molecular weight is 1040 g/mol. The third-order valence-electron chi connectivity index (χ3n) is 14.6. The quantitative estimate of drug-likeness (QED) is 0.0320. The van der Waals surface area contributed by atoms with E-state index in [9.17, 15) is 0 Å². The monoisotopic (exact) mass is 1040 g/mol. The molecule has 0 fully saturated rings. The number of hydrogen-bond acceptors (Lipinski definition) is 0. The zero-order chi connectivity index (χ0) is 46.9. The molecule has 0 bridgehead atoms. The third-order valence-corrected chi connectivity index (χ3v) is 20.0. The van der Waals surface area contributed by atoms with Gasteiger partial charge in [-0.25, -0.2) is 0 Å². The summed E-state index contributed by atoms with van der Waals surface area (Å²) in [5.74, 6) is 0. The molecule has 0 unspecified atom stereocenters. The van der Waals surface area contributed by atoms with Crippen molar-refractivity contribution in [2.45, 2.75) is 261 Å². The fourth-order valence-corrected chi connectivity index (χ4v) is 17.9. The molecule has 0 atom stereocenters. The molecule has 68 heavy (non-hydrogen) atoms. The standard InChI is InChI=1S/C63H99Si.3ClH.Ti/c1-10-16-22-28-35-52-43-53(36-29-23-17-11-2)47-58(46-52)64(62-42-34-41-61(62)63(7,8)9,59-48-54(37-30-24-18-12-3)44-55(49-59)38-31-25-19-13-4)60-50-56(39-32-26-20-14-5)45-57(51-60)40-33-27-21-15-6;;;;/h42-51H,10-40H2,1-9H3;3*1H;/q;;;;+3/p-3. The van der Waals surface area contributed by atoms with Crippen molar-refractivity contribution in [3.8, 4) is 0 Å². The van der Waals surface area contributed by atoms with E-state index in [1.54, 1.807) is 63.6 Å². The molecule has 0 saturated heterocycles. The second-order valence-electron chi connectivity index (χ2n) is 21.7. The summed E-state index contributed by atoms with van der Waals surface area (Å²) in [6.07, 6.45) is 42.6. The van der Waals surface area contributed by atoms with Gasteiger partial charge in [-0.05, 0) is 0 Å². The van der Waals surface area contributed by atoms with Gasteiger partial charge in [0.15, 0.2) is 0 Å². The molecule has 5 heteroatoms. The van der Waals surface area contributed by atoms with Gasteiger partial charge < -0.3 is 37.2 Å². The van der Waals surface area contributed by atoms with Gasteiger partial charge in [0.25, 0.3) is 0 Å². The van der Waals surface area contributed by atoms with Crippen molar-refractivity contribution in [1.82, 2.24) is 0 Å². The van der Waals surface area contributed by atoms with Crippen LogP contribution >= 0.6 is 0 Å². The molecule has 0 heterocycles. The minimum atomic E-state index is -2.92. The molecule has 1 aliphatic carbocycles. The van der Waals surface area contributed by atoms with Gasteiger partial charge >= 0.3 is 378 Å². The molecule has 380 valence electrons. The van der Waals surface area contributed by atoms with Crippen molar-refractivity contribution in [2.75, 3.05) is 0 Å². The van der Waals surface area contributed by atoms with Gasteiger partial charge in [0, 0.05) is 0 Å². The Kier molecular flexibility index (Phi) is 34.3. The molecule has 1 aliphatic rings. The van der Waals surface area contributed by atoms with Crippen LogP contribution in [0.2, 0.25) is 0 Å². The molecule has 0 N–H and O–H groups in total. The van der Waals surface area contributed by atoms with E-state index in [0.717, 1.165) is 6.42 Å². The molecule has 0 spiro atoms. The maximum Gasteiger partial charge on any atom is -1.00 e. The first-order chi connectivity index (χ1) is 31.5. The number of aryl methyl sites for hydroxylation is 6. The maximum atomic E-state index is 2.81. The largest absolute Gasteiger partial charge is 1.00 e. The Morgan fingerprint density at radius 3 is 0.809 bits per heavy atom. The molecule has 0 aliphatic heterocycles. The first kappa shape index (κ1) is 65.0. The van der Waals surface area contributed by atoms with E-state index < -0.39 is 8.07 Å². The van der Waals surface area contributed by atoms with Gasteiger partial charge in [0.2, 0.25) is 0 Å². The number of benzene rings is 3. The predicted molar refractivity (Wildman–Crippen MR) is 290 cm³/mol. The van der Waals surface area contributed by atoms with Crippen LogP contribution in [0.25, 0.3) is 0 Å². The Labute approximate surface area is 453 Å². The van der Waals surface area contributed by atoms with E-state index in [0.29, 0.717) is 0 Å². The van der Waals surface area contributed by atoms with E-state index in [2.05, 4.69) is 143 Å². The zero-order valence-electron chi connectivity index (χ0n) is 45.3. The van der Waals surface area contributed by atoms with Gasteiger partial charge in [0.1, 0.15) is 0 Å². The van der Waals surface area contributed by atoms with Crippen LogP contribution in [0.4, 0.5) is 0 Å². The summed E-state index contributed by atoms with van der Waals surface area (Å²) in [6.45, 7) is 21.7. The number of rotatable bonds is 34. The van der Waals surface area contributed by atoms with E-state index >= 15 is 0 Å². The summed E-state index contributed by atoms with van der Waals surface area (Å²) >= 11 is 2.49. The predicted octanol–water partition coefficient (Wildman–Crippen LogP) is 8.62. The van der Waals surface area contributed by atoms with Crippen molar-refractivity contribution in [3.63, 3.8) is 0 Å². The number of allylic oxidation sites excluding steroid dienone is 4. The van der Waals surface area contributed by atoms with Crippen LogP contribution in [0.1, 0.15) is 256 Å². The van der Waals surface area contributed by atoms with Gasteiger partial charge in [0.05, 0.1) is 0 Å². The zero-order valence-corrected chi connectivity index (χ0v) is 50.2. The Morgan fingerprint density at radius 2 is 0.603 bits per heavy atom. The van der Waals surface area contributed by atoms with Crippen molar-refractivity contribution in [2.24, 2.45) is 5.41 Å². The average Bonchev–Trinajstić information content (AvgIpc) is 3.69. The van der Waals surface area contributed by atoms with Crippen molar-refractivity contribution < 1.29 is 57.7 Å². The van der Waals surface area contributed by atoms with Crippen LogP contribution in [-0.4, -0.2) is 8.07 Å². The first-order valence-corrected chi connectivity index (χ1v) is 30.9. The summed E-state index contributed by atoms with van der Waals surface area (Å²) in [6, 6.07) is 24.9. The number of hydrogen-bond donors (Lipinski definition) is 0. The molecule has 0 saturated carbocycles. The van der Waals surface area contributed by atoms with Crippen molar-refractivity contribution >= 4 is 23.6 Å². The Bertz CT molecular complexity index is 1620. The van der Waals surface area contributed by atoms with Crippen molar-refractivity contribution in [1.29, 1.82) is 0 Å². The van der Waals surface area contributed by atoms with Crippen molar-refractivity contribution in [3.05, 3.63) is 109 Å². The van der Waals surface area contributed by atoms with Crippen LogP contribution in [0, 0.1) is 5.41 Å². The molecular weight excluding hydrogens is 939 g/mol. The van der Waals surface area contributed by atoms with Crippen LogP contribution in [-0.2, 0) is 59.0 Å². The molecule has 4 rings (SSSR count). The van der Waals surface area contributed by atoms with E-state index in [4.69, 9.17) is 0 Å². The Morgan fingerprint density at radius 1 is 0.368 bits per heavy atom. The first-order valence-electron chi connectivity index (χ1n) is 28.1. The molecular formula is C63H99Cl3SiTi. The van der Waals surface area contributed by atoms with E-state index in [1.165, 1.54) is 193 Å². The molecule has 3 aromatic rings. The summed E-state index contributed by atoms with van der Waals surface area (Å²) in [5.41, 5.74) is 11.3. The Balaban J connectivity index is 0.00000771. The molecule has 0 amide bonds. The van der Waals surface area contributed by atoms with E-state index in [1.807, 2.05) is 0 Å². The fourth-order valence-electron chi connectivity index (χ4n) is 11.1. The van der Waals surface area contributed by atoms with Gasteiger partial charge in [-0.15, -0.1) is 0 Å². The fraction of sp³-hybridized carbons (Fsp3) is 0.651. The van der Waals surface area contributed by atoms with Gasteiger partial charge in [-0.1, -0.05) is 41.5 Å². The molecule has 0 aromatic heterocycles.